The molecule has 1 saturated heterocycles. The highest BCUT2D eigenvalue weighted by molar-refractivity contribution is 6.51. The summed E-state index contributed by atoms with van der Waals surface area (Å²) in [5.41, 5.74) is 0.935. The van der Waals surface area contributed by atoms with E-state index < -0.39 is 42.9 Å². The molecule has 1 aliphatic rings. The van der Waals surface area contributed by atoms with E-state index in [0.717, 1.165) is 5.56 Å². The highest BCUT2D eigenvalue weighted by Crippen LogP contribution is 2.29. The van der Waals surface area contributed by atoms with E-state index in [9.17, 15) is 19.2 Å². The van der Waals surface area contributed by atoms with Gasteiger partial charge in [-0.1, -0.05) is 44.2 Å². The minimum atomic E-state index is -1.24. The SMILES string of the molecule is CC(C)C[C@H](CC(=O)[C@H](Cc1ccccc1)NC(=O)c1cnccn1)B1OC(=O)CO[C@@H](C)C(=O)O1. The van der Waals surface area contributed by atoms with Crippen LogP contribution in [0.3, 0.4) is 0 Å². The molecule has 0 radical (unpaired) electrons. The molecule has 11 heteroatoms. The normalized spacial score (nSPS) is 17.9. The van der Waals surface area contributed by atoms with Crippen molar-refractivity contribution in [3.63, 3.8) is 0 Å². The zero-order valence-corrected chi connectivity index (χ0v) is 20.6. The van der Waals surface area contributed by atoms with Crippen LogP contribution < -0.4 is 5.32 Å². The maximum absolute atomic E-state index is 13.6. The van der Waals surface area contributed by atoms with E-state index in [-0.39, 0.29) is 36.8 Å². The van der Waals surface area contributed by atoms with Gasteiger partial charge >= 0.3 is 19.1 Å². The molecule has 2 heterocycles. The smallest absolute Gasteiger partial charge is 0.497 e. The predicted octanol–water partition coefficient (Wildman–Crippen LogP) is 2.19. The van der Waals surface area contributed by atoms with Crippen molar-refractivity contribution in [2.45, 2.75) is 58.0 Å². The van der Waals surface area contributed by atoms with Crippen molar-refractivity contribution in [1.82, 2.24) is 15.3 Å². The molecule has 190 valence electrons. The van der Waals surface area contributed by atoms with Crippen molar-refractivity contribution in [3.05, 3.63) is 60.2 Å². The fourth-order valence-corrected chi connectivity index (χ4v) is 3.89. The van der Waals surface area contributed by atoms with Gasteiger partial charge in [-0.3, -0.25) is 24.2 Å². The zero-order chi connectivity index (χ0) is 26.1. The molecule has 0 bridgehead atoms. The molecule has 3 atom stereocenters. The Morgan fingerprint density at radius 3 is 2.56 bits per heavy atom. The third kappa shape index (κ3) is 7.98. The lowest BCUT2D eigenvalue weighted by Crippen LogP contribution is -2.46. The Balaban J connectivity index is 1.82. The number of aromatic nitrogens is 2. The van der Waals surface area contributed by atoms with Crippen LogP contribution in [0.1, 0.15) is 49.7 Å². The summed E-state index contributed by atoms with van der Waals surface area (Å²) in [6.45, 7) is 5.00. The molecule has 10 nitrogen and oxygen atoms in total. The van der Waals surface area contributed by atoms with Gasteiger partial charge in [0.05, 0.1) is 12.2 Å². The van der Waals surface area contributed by atoms with Crippen LogP contribution in [-0.2, 0) is 34.9 Å². The maximum Gasteiger partial charge on any atom is 0.602 e. The number of ketones is 1. The number of rotatable bonds is 10. The molecule has 0 unspecified atom stereocenters. The zero-order valence-electron chi connectivity index (χ0n) is 20.6. The number of nitrogens with zero attached hydrogens (tertiary/aromatic N) is 2. The van der Waals surface area contributed by atoms with Crippen LogP contribution in [-0.4, -0.2) is 59.5 Å². The van der Waals surface area contributed by atoms with E-state index in [4.69, 9.17) is 14.0 Å². The second-order valence-corrected chi connectivity index (χ2v) is 9.11. The lowest BCUT2D eigenvalue weighted by Gasteiger charge is -2.28. The van der Waals surface area contributed by atoms with Gasteiger partial charge in [-0.15, -0.1) is 0 Å². The number of nitrogens with one attached hydrogen (secondary N) is 1. The molecule has 1 amide bonds. The van der Waals surface area contributed by atoms with E-state index in [1.54, 1.807) is 0 Å². The first-order chi connectivity index (χ1) is 17.2. The summed E-state index contributed by atoms with van der Waals surface area (Å²) in [6.07, 6.45) is 3.83. The number of carbonyl (C=O) groups is 4. The molecular formula is C25H30BN3O7. The Morgan fingerprint density at radius 2 is 1.89 bits per heavy atom. The average molecular weight is 495 g/mol. The third-order valence-electron chi connectivity index (χ3n) is 5.66. The quantitative estimate of drug-likeness (QED) is 0.492. The summed E-state index contributed by atoms with van der Waals surface area (Å²) >= 11 is 0. The van der Waals surface area contributed by atoms with E-state index in [0.29, 0.717) is 6.42 Å². The third-order valence-corrected chi connectivity index (χ3v) is 5.66. The summed E-state index contributed by atoms with van der Waals surface area (Å²) in [5, 5.41) is 2.76. The number of benzene rings is 1. The minimum absolute atomic E-state index is 0.0824. The Kier molecular flexibility index (Phi) is 9.69. The molecule has 1 aliphatic heterocycles. The van der Waals surface area contributed by atoms with Gasteiger partial charge in [-0.25, -0.2) is 4.98 Å². The van der Waals surface area contributed by atoms with Crippen molar-refractivity contribution in [3.8, 4) is 0 Å². The van der Waals surface area contributed by atoms with E-state index >= 15 is 0 Å². The average Bonchev–Trinajstić information content (AvgIpc) is 2.86. The first kappa shape index (κ1) is 27.0. The topological polar surface area (TPSA) is 134 Å². The number of hydrogen-bond acceptors (Lipinski definition) is 9. The van der Waals surface area contributed by atoms with Crippen molar-refractivity contribution in [1.29, 1.82) is 0 Å². The lowest BCUT2D eigenvalue weighted by atomic mass is 9.64. The highest BCUT2D eigenvalue weighted by Gasteiger charge is 2.42. The molecule has 1 aromatic carbocycles. The Morgan fingerprint density at radius 1 is 1.14 bits per heavy atom. The number of carbonyl (C=O) groups excluding carboxylic acids is 4. The number of Topliss-reactive ketones (excluding diaryl/α,β-unsaturated/α-hetero) is 1. The Hall–Kier alpha value is -3.60. The monoisotopic (exact) mass is 495 g/mol. The molecule has 1 aromatic heterocycles. The molecule has 3 rings (SSSR count). The van der Waals surface area contributed by atoms with Gasteiger partial charge in [-0.05, 0) is 31.2 Å². The van der Waals surface area contributed by atoms with E-state index in [2.05, 4.69) is 15.3 Å². The summed E-state index contributed by atoms with van der Waals surface area (Å²) in [7, 11) is -1.24. The minimum Gasteiger partial charge on any atom is -0.497 e. The molecular weight excluding hydrogens is 465 g/mol. The van der Waals surface area contributed by atoms with Crippen LogP contribution in [0, 0.1) is 5.92 Å². The summed E-state index contributed by atoms with van der Waals surface area (Å²) < 4.78 is 15.9. The number of hydrogen-bond donors (Lipinski definition) is 1. The van der Waals surface area contributed by atoms with Crippen LogP contribution in [0.5, 0.6) is 0 Å². The molecule has 0 saturated carbocycles. The molecule has 2 aromatic rings. The van der Waals surface area contributed by atoms with E-state index in [1.807, 2.05) is 44.2 Å². The molecule has 1 fully saturated rings. The number of ether oxygens (including phenoxy) is 1. The van der Waals surface area contributed by atoms with Gasteiger partial charge < -0.3 is 19.4 Å². The number of amides is 1. The van der Waals surface area contributed by atoms with Gasteiger partial charge in [-0.2, -0.15) is 0 Å². The molecule has 36 heavy (non-hydrogen) atoms. The largest absolute Gasteiger partial charge is 0.602 e. The maximum atomic E-state index is 13.6. The van der Waals surface area contributed by atoms with Gasteiger partial charge in [0, 0.05) is 24.6 Å². The van der Waals surface area contributed by atoms with E-state index in [1.165, 1.54) is 25.5 Å². The van der Waals surface area contributed by atoms with Crippen LogP contribution >= 0.6 is 0 Å². The first-order valence-electron chi connectivity index (χ1n) is 11.9. The summed E-state index contributed by atoms with van der Waals surface area (Å²) in [4.78, 5) is 58.8. The van der Waals surface area contributed by atoms with Crippen LogP contribution in [0.15, 0.2) is 48.9 Å². The van der Waals surface area contributed by atoms with Gasteiger partial charge in [0.15, 0.2) is 11.9 Å². The van der Waals surface area contributed by atoms with Crippen molar-refractivity contribution in [2.24, 2.45) is 5.92 Å². The van der Waals surface area contributed by atoms with Crippen LogP contribution in [0.4, 0.5) is 0 Å². The second-order valence-electron chi connectivity index (χ2n) is 9.11. The van der Waals surface area contributed by atoms with Gasteiger partial charge in [0.25, 0.3) is 5.91 Å². The van der Waals surface area contributed by atoms with Crippen molar-refractivity contribution < 1.29 is 33.2 Å². The first-order valence-corrected chi connectivity index (χ1v) is 11.9. The van der Waals surface area contributed by atoms with Crippen molar-refractivity contribution >= 4 is 30.7 Å². The Labute approximate surface area is 210 Å². The molecule has 1 N–H and O–H groups in total. The van der Waals surface area contributed by atoms with Gasteiger partial charge in [0.2, 0.25) is 0 Å². The molecule has 0 aliphatic carbocycles. The second kappa shape index (κ2) is 12.9. The molecule has 0 spiro atoms. The van der Waals surface area contributed by atoms with Crippen LogP contribution in [0.25, 0.3) is 0 Å². The highest BCUT2D eigenvalue weighted by atomic mass is 16.7. The fourth-order valence-electron chi connectivity index (χ4n) is 3.89. The van der Waals surface area contributed by atoms with Crippen molar-refractivity contribution in [2.75, 3.05) is 6.61 Å². The standard InChI is InChI=1S/C25H30BN3O7/c1-16(2)11-19(26-35-23(31)15-34-17(3)25(33)36-26)13-22(30)20(12-18-7-5-4-6-8-18)29-24(32)21-14-27-9-10-28-21/h4-10,14,16-17,19-20H,11-13,15H2,1-3H3,(H,29,32)/t17-,19+,20-/m0/s1. The fraction of sp³-hybridized carbons (Fsp3) is 0.440. The lowest BCUT2D eigenvalue weighted by molar-refractivity contribution is -0.160. The Bertz CT molecular complexity index is 1050. The van der Waals surface area contributed by atoms with Crippen LogP contribution in [0.2, 0.25) is 5.82 Å². The van der Waals surface area contributed by atoms with Gasteiger partial charge in [0.1, 0.15) is 12.3 Å². The predicted molar refractivity (Wildman–Crippen MR) is 130 cm³/mol. The summed E-state index contributed by atoms with van der Waals surface area (Å²) in [6, 6.07) is 8.39. The summed E-state index contributed by atoms with van der Waals surface area (Å²) in [5.74, 6) is -2.68.